The Kier molecular flexibility index (Phi) is 14.8. The topological polar surface area (TPSA) is 86.1 Å². The number of likely N-dealkylation sites (tertiary alicyclic amines) is 1. The third kappa shape index (κ3) is 10.7. The van der Waals surface area contributed by atoms with Crippen LogP contribution in [0.25, 0.3) is 27.4 Å². The van der Waals surface area contributed by atoms with Gasteiger partial charge in [-0.15, -0.1) is 0 Å². The number of hydrogen-bond donors (Lipinski definition) is 0. The predicted molar refractivity (Wildman–Crippen MR) is 228 cm³/mol. The van der Waals surface area contributed by atoms with E-state index in [2.05, 4.69) is 14.8 Å². The van der Waals surface area contributed by atoms with E-state index >= 15 is 0 Å². The first-order chi connectivity index (χ1) is 28.4. The van der Waals surface area contributed by atoms with Gasteiger partial charge in [0.2, 0.25) is 0 Å². The number of hydrogen-bond acceptors (Lipinski definition) is 8. The van der Waals surface area contributed by atoms with Crippen LogP contribution < -0.4 is 4.90 Å². The van der Waals surface area contributed by atoms with Crippen molar-refractivity contribution in [2.75, 3.05) is 57.4 Å². The molecule has 4 aromatic rings. The van der Waals surface area contributed by atoms with Gasteiger partial charge >= 0.3 is 6.18 Å². The van der Waals surface area contributed by atoms with Crippen LogP contribution in [0, 0.1) is 5.92 Å². The van der Waals surface area contributed by atoms with E-state index in [-0.39, 0.29) is 29.7 Å². The van der Waals surface area contributed by atoms with Crippen molar-refractivity contribution < 1.29 is 37.0 Å². The number of fused-ring (bicyclic) bond motifs is 3. The maximum atomic E-state index is 14.8. The van der Waals surface area contributed by atoms with Crippen molar-refractivity contribution in [3.8, 4) is 0 Å². The molecule has 0 unspecified atom stereocenters. The first kappa shape index (κ1) is 43.8. The van der Waals surface area contributed by atoms with Gasteiger partial charge in [0.05, 0.1) is 17.2 Å². The standard InChI is InChI=1S/C47H57F3N4O5/c1-6-10-45(42(47(48,49)50)26-33(7-2)34-11-13-40-41-28-51-18-15-43(41)52(5)44(40)27-34)59-37-16-20-53(21-17-37)19-8-22-57-23-9-24-58-38-29-54(30-38)36-12-14-39(35(25-36)31-55)46(56)32(3)4/h7,10-15,18,25-28,31-32,37-38H,6,8-9,16-17,19-24,29-30H2,1-5H3/b33-7+,42-26+,45-10-. The number of aldehydes is 1. The summed E-state index contributed by atoms with van der Waals surface area (Å²) >= 11 is 0. The molecule has 0 radical (unpaired) electrons. The molecule has 0 bridgehead atoms. The van der Waals surface area contributed by atoms with E-state index in [1.807, 2.05) is 68.9 Å². The summed E-state index contributed by atoms with van der Waals surface area (Å²) in [5.41, 5.74) is 4.13. The van der Waals surface area contributed by atoms with Crippen molar-refractivity contribution in [2.24, 2.45) is 13.0 Å². The minimum atomic E-state index is -4.61. The van der Waals surface area contributed by atoms with Gasteiger partial charge in [-0.3, -0.25) is 14.6 Å². The molecule has 0 N–H and O–H groups in total. The average molecular weight is 815 g/mol. The van der Waals surface area contributed by atoms with Crippen LogP contribution in [0.1, 0.15) is 86.1 Å². The fraction of sp³-hybridized carbons (Fsp3) is 0.468. The van der Waals surface area contributed by atoms with Gasteiger partial charge in [0.15, 0.2) is 12.1 Å². The number of halogens is 3. The molecule has 9 nitrogen and oxygen atoms in total. The van der Waals surface area contributed by atoms with E-state index in [1.54, 1.807) is 37.4 Å². The minimum Gasteiger partial charge on any atom is -0.490 e. The molecule has 59 heavy (non-hydrogen) atoms. The summed E-state index contributed by atoms with van der Waals surface area (Å²) in [5.74, 6) is -0.315. The third-order valence-corrected chi connectivity index (χ3v) is 11.3. The van der Waals surface area contributed by atoms with Crippen molar-refractivity contribution in [1.29, 1.82) is 0 Å². The summed E-state index contributed by atoms with van der Waals surface area (Å²) in [7, 11) is 1.95. The number of carbonyl (C=O) groups excluding carboxylic acids is 2. The van der Waals surface area contributed by atoms with Gasteiger partial charge in [-0.1, -0.05) is 39.0 Å². The molecule has 2 aromatic heterocycles. The summed E-state index contributed by atoms with van der Waals surface area (Å²) in [4.78, 5) is 32.7. The van der Waals surface area contributed by atoms with Crippen molar-refractivity contribution in [2.45, 2.75) is 78.2 Å². The van der Waals surface area contributed by atoms with E-state index in [9.17, 15) is 22.8 Å². The molecule has 2 aliphatic heterocycles. The number of carbonyl (C=O) groups is 2. The van der Waals surface area contributed by atoms with E-state index in [0.717, 1.165) is 79.3 Å². The number of ketones is 1. The van der Waals surface area contributed by atoms with E-state index in [0.29, 0.717) is 61.3 Å². The summed E-state index contributed by atoms with van der Waals surface area (Å²) in [6.07, 6.45) is 7.34. The number of aryl methyl sites for hydroxylation is 1. The SMILES string of the molecule is C\C=C(/C=C(\C(=C\CC)OC1CCN(CCCOCCCOC2CN(c3ccc(C(=O)C(C)C)c(C=O)c3)C2)CC1)C(F)(F)F)c1ccc2c3cnccc3n(C)c2c1. The lowest BCUT2D eigenvalue weighted by Crippen LogP contribution is -2.52. The van der Waals surface area contributed by atoms with E-state index in [4.69, 9.17) is 14.2 Å². The van der Waals surface area contributed by atoms with Gasteiger partial charge in [0, 0.05) is 111 Å². The summed E-state index contributed by atoms with van der Waals surface area (Å²) in [6.45, 7) is 12.9. The molecule has 2 aromatic carbocycles. The maximum absolute atomic E-state index is 14.8. The Morgan fingerprint density at radius 2 is 1.73 bits per heavy atom. The highest BCUT2D eigenvalue weighted by Crippen LogP contribution is 2.37. The van der Waals surface area contributed by atoms with Crippen LogP contribution in [0.5, 0.6) is 0 Å². The number of alkyl halides is 3. The molecule has 4 heterocycles. The van der Waals surface area contributed by atoms with E-state index in [1.165, 1.54) is 6.08 Å². The van der Waals surface area contributed by atoms with Crippen molar-refractivity contribution in [3.05, 3.63) is 101 Å². The number of nitrogens with zero attached hydrogens (tertiary/aromatic N) is 4. The molecule has 0 amide bonds. The Hall–Kier alpha value is -4.78. The van der Waals surface area contributed by atoms with E-state index < -0.39 is 11.7 Å². The maximum Gasteiger partial charge on any atom is 0.419 e. The molecule has 12 heteroatoms. The van der Waals surface area contributed by atoms with Gasteiger partial charge in [-0.2, -0.15) is 13.2 Å². The zero-order valence-corrected chi connectivity index (χ0v) is 34.9. The van der Waals surface area contributed by atoms with Gasteiger partial charge in [-0.25, -0.2) is 0 Å². The second-order valence-corrected chi connectivity index (χ2v) is 15.7. The van der Waals surface area contributed by atoms with Gasteiger partial charge in [0.25, 0.3) is 0 Å². The largest absolute Gasteiger partial charge is 0.490 e. The Bertz CT molecular complexity index is 2180. The second-order valence-electron chi connectivity index (χ2n) is 15.7. The van der Waals surface area contributed by atoms with Crippen LogP contribution in [-0.2, 0) is 21.3 Å². The first-order valence-corrected chi connectivity index (χ1v) is 20.9. The monoisotopic (exact) mass is 814 g/mol. The number of rotatable bonds is 19. The lowest BCUT2D eigenvalue weighted by atomic mass is 9.96. The van der Waals surface area contributed by atoms with Gasteiger partial charge < -0.3 is 28.6 Å². The molecule has 0 spiro atoms. The molecule has 0 saturated carbocycles. The van der Waals surface area contributed by atoms with Gasteiger partial charge in [0.1, 0.15) is 11.9 Å². The first-order valence-electron chi connectivity index (χ1n) is 20.9. The Morgan fingerprint density at radius 3 is 2.42 bits per heavy atom. The molecule has 316 valence electrons. The Labute approximate surface area is 345 Å². The van der Waals surface area contributed by atoms with Crippen molar-refractivity contribution in [1.82, 2.24) is 14.5 Å². The van der Waals surface area contributed by atoms with Crippen molar-refractivity contribution in [3.63, 3.8) is 0 Å². The Balaban J connectivity index is 0.907. The number of ether oxygens (including phenoxy) is 3. The van der Waals surface area contributed by atoms with Crippen LogP contribution >= 0.6 is 0 Å². The van der Waals surface area contributed by atoms with Gasteiger partial charge in [-0.05, 0) is 92.6 Å². The van der Waals surface area contributed by atoms with Crippen LogP contribution in [0.4, 0.5) is 18.9 Å². The quantitative estimate of drug-likeness (QED) is 0.0304. The van der Waals surface area contributed by atoms with Crippen molar-refractivity contribution >= 4 is 45.1 Å². The zero-order valence-electron chi connectivity index (χ0n) is 34.9. The number of anilines is 1. The normalized spacial score (nSPS) is 16.7. The number of benzene rings is 2. The number of aromatic nitrogens is 2. The number of pyridine rings is 1. The number of Topliss-reactive ketones (excluding diaryl/α,β-unsaturated/α-hetero) is 1. The molecular formula is C47H57F3N4O5. The highest BCUT2D eigenvalue weighted by atomic mass is 19.4. The van der Waals surface area contributed by atoms with Crippen LogP contribution in [0.2, 0.25) is 0 Å². The molecule has 6 rings (SSSR count). The zero-order chi connectivity index (χ0) is 42.1. The predicted octanol–water partition coefficient (Wildman–Crippen LogP) is 9.75. The fourth-order valence-electron chi connectivity index (χ4n) is 7.89. The highest BCUT2D eigenvalue weighted by molar-refractivity contribution is 6.08. The van der Waals surface area contributed by atoms with Crippen LogP contribution in [0.15, 0.2) is 84.4 Å². The Morgan fingerprint density at radius 1 is 0.966 bits per heavy atom. The lowest BCUT2D eigenvalue weighted by Gasteiger charge is -2.40. The summed E-state index contributed by atoms with van der Waals surface area (Å²) in [5, 5.41) is 2.00. The molecular weight excluding hydrogens is 758 g/mol. The highest BCUT2D eigenvalue weighted by Gasteiger charge is 2.38. The summed E-state index contributed by atoms with van der Waals surface area (Å²) < 4.78 is 64.4. The molecule has 0 atom stereocenters. The number of piperidine rings is 1. The summed E-state index contributed by atoms with van der Waals surface area (Å²) in [6, 6.07) is 13.1. The van der Waals surface area contributed by atoms with Crippen LogP contribution in [-0.4, -0.2) is 97.4 Å². The number of allylic oxidation sites excluding steroid dienone is 5. The fourth-order valence-corrected chi connectivity index (χ4v) is 7.89. The molecule has 2 aliphatic rings. The molecule has 0 aliphatic carbocycles. The molecule has 2 fully saturated rings. The lowest BCUT2D eigenvalue weighted by molar-refractivity contribution is -0.0963. The average Bonchev–Trinajstić information content (AvgIpc) is 3.49. The van der Waals surface area contributed by atoms with Crippen LogP contribution in [0.3, 0.4) is 0 Å². The minimum absolute atomic E-state index is 0.0336. The smallest absolute Gasteiger partial charge is 0.419 e. The molecule has 2 saturated heterocycles. The third-order valence-electron chi connectivity index (χ3n) is 11.3. The second kappa shape index (κ2) is 20.0.